The maximum atomic E-state index is 13.2. The lowest BCUT2D eigenvalue weighted by Gasteiger charge is -2.37. The number of aromatic nitrogens is 1. The van der Waals surface area contributed by atoms with Crippen LogP contribution in [0.25, 0.3) is 0 Å². The summed E-state index contributed by atoms with van der Waals surface area (Å²) in [5.74, 6) is -0.426. The Kier molecular flexibility index (Phi) is 8.30. The maximum absolute atomic E-state index is 13.2. The molecule has 1 aromatic heterocycles. The molecule has 0 bridgehead atoms. The van der Waals surface area contributed by atoms with Crippen LogP contribution in [0.3, 0.4) is 0 Å². The van der Waals surface area contributed by atoms with Crippen LogP contribution in [0.4, 0.5) is 5.69 Å². The van der Waals surface area contributed by atoms with Crippen LogP contribution in [0, 0.1) is 0 Å². The molecule has 220 valence electrons. The van der Waals surface area contributed by atoms with Gasteiger partial charge >= 0.3 is 0 Å². The van der Waals surface area contributed by atoms with Gasteiger partial charge in [0.05, 0.1) is 12.1 Å². The first kappa shape index (κ1) is 29.7. The van der Waals surface area contributed by atoms with Crippen molar-refractivity contribution in [2.24, 2.45) is 0 Å². The van der Waals surface area contributed by atoms with Crippen molar-refractivity contribution in [2.45, 2.75) is 37.4 Å². The molecular formula is C38H34BrN3O2. The number of hydrogen-bond acceptors (Lipinski definition) is 5. The molecule has 4 aromatic carbocycles. The standard InChI is InChI=1S/C38H34BrN3O2/c1-37(2)36(34(44)26-43)42(27-41(37)25-28-22-23-40-35(39)24-28)33-20-18-32(19-21-33)38(29-12-6-3-7-13-29,30-14-8-4-9-15-30)31-16-10-5-11-17-31/h3-24,26,36H,25,27H2,1-2H3. The maximum Gasteiger partial charge on any atom is 0.219 e. The fourth-order valence-corrected chi connectivity index (χ4v) is 7.19. The lowest BCUT2D eigenvalue weighted by molar-refractivity contribution is -0.131. The first-order valence-electron chi connectivity index (χ1n) is 14.7. The number of anilines is 1. The Bertz CT molecular complexity index is 1650. The molecule has 0 amide bonds. The fraction of sp³-hybridized carbons (Fsp3) is 0.184. The Morgan fingerprint density at radius 1 is 0.818 bits per heavy atom. The van der Waals surface area contributed by atoms with Crippen LogP contribution in [0.1, 0.15) is 41.7 Å². The predicted molar refractivity (Wildman–Crippen MR) is 179 cm³/mol. The number of carbonyl (C=O) groups excluding carboxylic acids is 2. The minimum atomic E-state index is -0.627. The van der Waals surface area contributed by atoms with E-state index in [-0.39, 0.29) is 0 Å². The van der Waals surface area contributed by atoms with Crippen LogP contribution in [0.2, 0.25) is 0 Å². The second-order valence-electron chi connectivity index (χ2n) is 11.8. The predicted octanol–water partition coefficient (Wildman–Crippen LogP) is 7.42. The minimum absolute atomic E-state index is 0.426. The van der Waals surface area contributed by atoms with E-state index in [4.69, 9.17) is 0 Å². The van der Waals surface area contributed by atoms with Gasteiger partial charge in [-0.15, -0.1) is 0 Å². The molecule has 5 aromatic rings. The van der Waals surface area contributed by atoms with Gasteiger partial charge < -0.3 is 4.90 Å². The molecule has 5 nitrogen and oxygen atoms in total. The highest BCUT2D eigenvalue weighted by atomic mass is 79.9. The van der Waals surface area contributed by atoms with Gasteiger partial charge in [-0.05, 0) is 81.9 Å². The molecule has 1 aliphatic heterocycles. The zero-order chi connectivity index (χ0) is 30.7. The number of nitrogens with zero attached hydrogens (tertiary/aromatic N) is 3. The van der Waals surface area contributed by atoms with Gasteiger partial charge in [-0.1, -0.05) is 103 Å². The number of aldehydes is 1. The van der Waals surface area contributed by atoms with E-state index in [0.29, 0.717) is 19.5 Å². The number of halogens is 1. The van der Waals surface area contributed by atoms with E-state index in [9.17, 15) is 9.59 Å². The van der Waals surface area contributed by atoms with Crippen molar-refractivity contribution in [2.75, 3.05) is 11.6 Å². The highest BCUT2D eigenvalue weighted by Gasteiger charge is 2.50. The molecule has 0 spiro atoms. The van der Waals surface area contributed by atoms with Crippen LogP contribution >= 0.6 is 15.9 Å². The summed E-state index contributed by atoms with van der Waals surface area (Å²) in [7, 11) is 0. The monoisotopic (exact) mass is 643 g/mol. The number of hydrogen-bond donors (Lipinski definition) is 0. The van der Waals surface area contributed by atoms with Gasteiger partial charge in [0.15, 0.2) is 6.29 Å². The summed E-state index contributed by atoms with van der Waals surface area (Å²) in [5.41, 5.74) is 5.42. The van der Waals surface area contributed by atoms with Crippen molar-refractivity contribution in [3.05, 3.63) is 166 Å². The average Bonchev–Trinajstić information content (AvgIpc) is 3.32. The van der Waals surface area contributed by atoms with Crippen LogP contribution in [-0.4, -0.2) is 40.2 Å². The normalized spacial score (nSPS) is 16.5. The third-order valence-electron chi connectivity index (χ3n) is 8.92. The summed E-state index contributed by atoms with van der Waals surface area (Å²) >= 11 is 3.47. The zero-order valence-corrected chi connectivity index (χ0v) is 26.4. The smallest absolute Gasteiger partial charge is 0.219 e. The molecule has 0 radical (unpaired) electrons. The van der Waals surface area contributed by atoms with Gasteiger partial charge in [0, 0.05) is 24.0 Å². The van der Waals surface area contributed by atoms with Gasteiger partial charge in [0.2, 0.25) is 5.78 Å². The van der Waals surface area contributed by atoms with Crippen LogP contribution in [0.15, 0.2) is 138 Å². The summed E-state index contributed by atoms with van der Waals surface area (Å²) in [6.45, 7) is 5.19. The Labute approximate surface area is 267 Å². The summed E-state index contributed by atoms with van der Waals surface area (Å²) in [5, 5.41) is 0. The number of rotatable bonds is 9. The minimum Gasteiger partial charge on any atom is -0.346 e. The number of ketones is 1. The van der Waals surface area contributed by atoms with E-state index in [1.165, 1.54) is 0 Å². The number of carbonyl (C=O) groups is 2. The van der Waals surface area contributed by atoms with E-state index < -0.39 is 22.8 Å². The molecule has 6 heteroatoms. The van der Waals surface area contributed by atoms with Crippen molar-refractivity contribution in [1.29, 1.82) is 0 Å². The SMILES string of the molecule is CC1(C)C(C(=O)C=O)N(c2ccc(C(c3ccccc3)(c3ccccc3)c3ccccc3)cc2)CN1Cc1ccnc(Br)c1. The highest BCUT2D eigenvalue weighted by Crippen LogP contribution is 2.46. The molecule has 1 saturated heterocycles. The van der Waals surface area contributed by atoms with Gasteiger partial charge in [-0.2, -0.15) is 0 Å². The molecule has 6 rings (SSSR count). The van der Waals surface area contributed by atoms with Gasteiger partial charge in [-0.25, -0.2) is 4.98 Å². The van der Waals surface area contributed by atoms with Crippen molar-refractivity contribution < 1.29 is 9.59 Å². The van der Waals surface area contributed by atoms with E-state index in [2.05, 4.69) is 128 Å². The first-order valence-corrected chi connectivity index (χ1v) is 15.5. The molecule has 44 heavy (non-hydrogen) atoms. The van der Waals surface area contributed by atoms with Gasteiger partial charge in [-0.3, -0.25) is 14.5 Å². The van der Waals surface area contributed by atoms with Crippen LogP contribution in [0.5, 0.6) is 0 Å². The van der Waals surface area contributed by atoms with Crippen molar-refractivity contribution in [3.8, 4) is 0 Å². The Morgan fingerprint density at radius 3 is 1.80 bits per heavy atom. The van der Waals surface area contributed by atoms with E-state index >= 15 is 0 Å². The summed E-state index contributed by atoms with van der Waals surface area (Å²) in [4.78, 5) is 33.7. The van der Waals surface area contributed by atoms with E-state index in [0.717, 1.165) is 38.1 Å². The molecule has 0 saturated carbocycles. The third kappa shape index (κ3) is 5.29. The second kappa shape index (κ2) is 12.3. The zero-order valence-electron chi connectivity index (χ0n) is 24.8. The number of benzene rings is 4. The van der Waals surface area contributed by atoms with E-state index in [1.54, 1.807) is 6.20 Å². The molecule has 0 N–H and O–H groups in total. The van der Waals surface area contributed by atoms with Crippen molar-refractivity contribution in [3.63, 3.8) is 0 Å². The van der Waals surface area contributed by atoms with Crippen molar-refractivity contribution >= 4 is 33.7 Å². The van der Waals surface area contributed by atoms with Crippen LogP contribution < -0.4 is 4.90 Å². The summed E-state index contributed by atoms with van der Waals surface area (Å²) in [6, 6.07) is 43.6. The summed E-state index contributed by atoms with van der Waals surface area (Å²) in [6.07, 6.45) is 2.23. The molecular weight excluding hydrogens is 610 g/mol. The molecule has 1 aliphatic rings. The average molecular weight is 645 g/mol. The first-order chi connectivity index (χ1) is 21.4. The highest BCUT2D eigenvalue weighted by molar-refractivity contribution is 9.10. The third-order valence-corrected chi connectivity index (χ3v) is 9.36. The van der Waals surface area contributed by atoms with Gasteiger partial charge in [0.1, 0.15) is 10.6 Å². The molecule has 1 unspecified atom stereocenters. The lowest BCUT2D eigenvalue weighted by Crippen LogP contribution is -2.51. The quantitative estimate of drug-likeness (QED) is 0.0724. The largest absolute Gasteiger partial charge is 0.346 e. The lowest BCUT2D eigenvalue weighted by atomic mass is 9.65. The molecule has 1 atom stereocenters. The van der Waals surface area contributed by atoms with Crippen LogP contribution in [-0.2, 0) is 21.5 Å². The van der Waals surface area contributed by atoms with E-state index in [1.807, 2.05) is 44.2 Å². The van der Waals surface area contributed by atoms with Gasteiger partial charge in [0.25, 0.3) is 0 Å². The Morgan fingerprint density at radius 2 is 1.32 bits per heavy atom. The fourth-order valence-electron chi connectivity index (χ4n) is 6.78. The molecule has 1 fully saturated rings. The molecule has 2 heterocycles. The Balaban J connectivity index is 1.45. The molecule has 0 aliphatic carbocycles. The Hall–Kier alpha value is -4.39. The topological polar surface area (TPSA) is 53.5 Å². The number of pyridine rings is 1. The van der Waals surface area contributed by atoms with Crippen molar-refractivity contribution in [1.82, 2.24) is 9.88 Å². The number of Topliss-reactive ketones (excluding diaryl/α,β-unsaturated/α-hetero) is 1. The summed E-state index contributed by atoms with van der Waals surface area (Å²) < 4.78 is 0.763. The second-order valence-corrected chi connectivity index (χ2v) is 12.6.